The number of rotatable bonds is 8. The Kier molecular flexibility index (Phi) is 12.7. The van der Waals surface area contributed by atoms with Crippen LogP contribution < -0.4 is 24.8 Å². The lowest BCUT2D eigenvalue weighted by molar-refractivity contribution is -0.140. The fourth-order valence-corrected chi connectivity index (χ4v) is 9.45. The molecule has 1 aromatic heterocycles. The van der Waals surface area contributed by atoms with Gasteiger partial charge in [-0.25, -0.2) is 32.0 Å². The molecule has 2 aliphatic heterocycles. The van der Waals surface area contributed by atoms with Gasteiger partial charge in [-0.2, -0.15) is 0 Å². The maximum atomic E-state index is 14.3. The molecular formula is C41H60F2N6O9S. The minimum Gasteiger partial charge on any atom is -0.497 e. The highest BCUT2D eigenvalue weighted by molar-refractivity contribution is 7.91. The van der Waals surface area contributed by atoms with Gasteiger partial charge in [0.05, 0.1) is 35.4 Å². The van der Waals surface area contributed by atoms with E-state index in [1.165, 1.54) is 18.9 Å². The Labute approximate surface area is 346 Å². The van der Waals surface area contributed by atoms with E-state index in [0.29, 0.717) is 54.6 Å². The van der Waals surface area contributed by atoms with Crippen LogP contribution in [0.5, 0.6) is 11.6 Å². The standard InChI is InChI=1S/C37H48F2N6O9S.C4H10.H2/c1-5-36-16-21(36)9-7-6-8-10-25-32(42-26-15-22(52-4)11-12-24(26)41-25)53-27-19-45(28(46)18-40-34(49)54-36)29(20(27)2)31(47)43-37(17-23(37)30(38)39)33(48)44-55(50,51)35(3)13-14-35;1-4(2)3;/h11-12,15,20-21,23,27,29-30H,5-10,13-14,16-19H2,1-4H3,(H,40,49)(H,43,47)(H,44,48);4H,1-3H3;1H/t20-,21-,23+,27+,29+,36-,37-;;/m1../s1. The number of halogens is 2. The second-order valence-electron chi connectivity index (χ2n) is 17.7. The van der Waals surface area contributed by atoms with Crippen molar-refractivity contribution in [3.63, 3.8) is 0 Å². The molecule has 3 aliphatic carbocycles. The van der Waals surface area contributed by atoms with Crippen molar-refractivity contribution in [1.82, 2.24) is 30.2 Å². The molecule has 0 spiro atoms. The van der Waals surface area contributed by atoms with Crippen LogP contribution in [0, 0.1) is 23.7 Å². The molecule has 328 valence electrons. The van der Waals surface area contributed by atoms with Gasteiger partial charge in [-0.15, -0.1) is 0 Å². The fourth-order valence-electron chi connectivity index (χ4n) is 8.14. The van der Waals surface area contributed by atoms with Crippen LogP contribution in [-0.4, -0.2) is 102 Å². The second-order valence-corrected chi connectivity index (χ2v) is 19.9. The summed E-state index contributed by atoms with van der Waals surface area (Å²) in [6.07, 6.45) is 0.662. The number of aryl methyl sites for hydroxylation is 1. The third kappa shape index (κ3) is 9.36. The minimum atomic E-state index is -4.22. The number of sulfonamides is 1. The van der Waals surface area contributed by atoms with E-state index >= 15 is 0 Å². The molecule has 5 aliphatic rings. The molecule has 3 N–H and O–H groups in total. The fraction of sp³-hybridized carbons (Fsp3) is 0.707. The van der Waals surface area contributed by atoms with Gasteiger partial charge in [0.15, 0.2) is 0 Å². The normalized spacial score (nSPS) is 30.2. The lowest BCUT2D eigenvalue weighted by Crippen LogP contribution is -2.59. The average molecular weight is 851 g/mol. The Morgan fingerprint density at radius 3 is 2.44 bits per heavy atom. The van der Waals surface area contributed by atoms with Crippen molar-refractivity contribution in [2.24, 2.45) is 23.7 Å². The number of nitrogens with one attached hydrogen (secondary N) is 3. The number of amides is 4. The molecule has 3 heterocycles. The zero-order valence-electron chi connectivity index (χ0n) is 34.9. The molecule has 1 saturated heterocycles. The quantitative estimate of drug-likeness (QED) is 0.312. The molecule has 2 aromatic rings. The van der Waals surface area contributed by atoms with Crippen molar-refractivity contribution in [2.45, 2.75) is 140 Å². The van der Waals surface area contributed by atoms with E-state index in [2.05, 4.69) is 31.4 Å². The molecule has 4 amide bonds. The molecule has 15 nitrogen and oxygen atoms in total. The van der Waals surface area contributed by atoms with Gasteiger partial charge in [-0.3, -0.25) is 19.1 Å². The van der Waals surface area contributed by atoms with Crippen LogP contribution in [0.1, 0.15) is 106 Å². The maximum absolute atomic E-state index is 14.3. The number of nitrogens with zero attached hydrogens (tertiary/aromatic N) is 3. The van der Waals surface area contributed by atoms with Crippen LogP contribution in [0.4, 0.5) is 13.6 Å². The van der Waals surface area contributed by atoms with E-state index in [-0.39, 0.29) is 19.8 Å². The molecule has 0 radical (unpaired) electrons. The molecular weight excluding hydrogens is 791 g/mol. The first-order valence-corrected chi connectivity index (χ1v) is 22.2. The number of aromatic nitrogens is 2. The van der Waals surface area contributed by atoms with Gasteiger partial charge in [0, 0.05) is 19.3 Å². The van der Waals surface area contributed by atoms with E-state index in [1.807, 2.05) is 11.6 Å². The van der Waals surface area contributed by atoms with Crippen LogP contribution in [0.15, 0.2) is 18.2 Å². The summed E-state index contributed by atoms with van der Waals surface area (Å²) in [5, 5.41) is 4.95. The van der Waals surface area contributed by atoms with Crippen LogP contribution in [-0.2, 0) is 35.6 Å². The molecule has 1 aromatic carbocycles. The highest BCUT2D eigenvalue weighted by atomic mass is 32.2. The second kappa shape index (κ2) is 17.0. The van der Waals surface area contributed by atoms with Crippen molar-refractivity contribution >= 4 is 44.9 Å². The predicted octanol–water partition coefficient (Wildman–Crippen LogP) is 5.29. The van der Waals surface area contributed by atoms with Crippen molar-refractivity contribution < 1.29 is 52.0 Å². The third-order valence-corrected chi connectivity index (χ3v) is 14.5. The number of hydrogen-bond acceptors (Lipinski definition) is 11. The average Bonchev–Trinajstić information content (AvgIpc) is 4.12. The van der Waals surface area contributed by atoms with Gasteiger partial charge >= 0.3 is 6.09 Å². The number of hydrogen-bond donors (Lipinski definition) is 3. The van der Waals surface area contributed by atoms with Crippen molar-refractivity contribution in [3.05, 3.63) is 23.9 Å². The van der Waals surface area contributed by atoms with Gasteiger partial charge in [-0.05, 0) is 76.3 Å². The Balaban J connectivity index is 0.00000131. The van der Waals surface area contributed by atoms with Crippen molar-refractivity contribution in [1.29, 1.82) is 0 Å². The van der Waals surface area contributed by atoms with E-state index < -0.39 is 93.1 Å². The smallest absolute Gasteiger partial charge is 0.408 e. The van der Waals surface area contributed by atoms with E-state index in [0.717, 1.165) is 31.6 Å². The summed E-state index contributed by atoms with van der Waals surface area (Å²) in [4.78, 5) is 65.4. The van der Waals surface area contributed by atoms with E-state index in [4.69, 9.17) is 24.2 Å². The Morgan fingerprint density at radius 1 is 1.10 bits per heavy atom. The molecule has 0 unspecified atom stereocenters. The zero-order chi connectivity index (χ0) is 43.1. The highest BCUT2D eigenvalue weighted by Gasteiger charge is 2.67. The summed E-state index contributed by atoms with van der Waals surface area (Å²) in [6.45, 7) is 10.8. The van der Waals surface area contributed by atoms with Crippen LogP contribution >= 0.6 is 0 Å². The van der Waals surface area contributed by atoms with Gasteiger partial charge in [0.1, 0.15) is 41.3 Å². The minimum absolute atomic E-state index is 0. The van der Waals surface area contributed by atoms with Gasteiger partial charge in [0.25, 0.3) is 5.91 Å². The molecule has 7 rings (SSSR count). The summed E-state index contributed by atoms with van der Waals surface area (Å²) < 4.78 is 72.6. The Morgan fingerprint density at radius 2 is 1.81 bits per heavy atom. The Bertz CT molecular complexity index is 2060. The summed E-state index contributed by atoms with van der Waals surface area (Å²) in [7, 11) is -2.69. The first-order valence-electron chi connectivity index (χ1n) is 20.7. The first kappa shape index (κ1) is 44.2. The summed E-state index contributed by atoms with van der Waals surface area (Å²) in [5.74, 6) is -3.58. The first-order chi connectivity index (χ1) is 27.8. The molecule has 4 fully saturated rings. The number of methoxy groups -OCH3 is 1. The SMILES string of the molecule is CC(C)C.CC[C@@]12C[C@H]1CCCCCc1nc3ccc(OC)cc3nc1O[C@H]1CN(C(=O)CNC(=O)O2)[C@H](C(=O)N[C@]2(C(=O)NS(=O)(=O)C3(C)CC3)C[C@H]2C(F)F)[C@@H]1C.[HH]. The number of alkyl carbamates (subject to hydrolysis) is 1. The topological polar surface area (TPSA) is 195 Å². The number of benzene rings is 1. The van der Waals surface area contributed by atoms with Gasteiger partial charge in [-0.1, -0.05) is 47.5 Å². The number of ether oxygens (including phenoxy) is 3. The number of carbonyl (C=O) groups is 4. The van der Waals surface area contributed by atoms with Crippen molar-refractivity contribution in [3.8, 4) is 11.6 Å². The molecule has 2 bridgehead atoms. The largest absolute Gasteiger partial charge is 0.497 e. The molecule has 18 heteroatoms. The summed E-state index contributed by atoms with van der Waals surface area (Å²) in [6, 6.07) is 3.92. The molecule has 3 saturated carbocycles. The monoisotopic (exact) mass is 850 g/mol. The maximum Gasteiger partial charge on any atom is 0.408 e. The number of alkyl halides is 2. The number of fused-ring (bicyclic) bond motifs is 5. The van der Waals surface area contributed by atoms with E-state index in [1.54, 1.807) is 25.1 Å². The predicted molar refractivity (Wildman–Crippen MR) is 215 cm³/mol. The highest BCUT2D eigenvalue weighted by Crippen LogP contribution is 2.53. The van der Waals surface area contributed by atoms with Crippen LogP contribution in [0.3, 0.4) is 0 Å². The van der Waals surface area contributed by atoms with Crippen LogP contribution in [0.2, 0.25) is 0 Å². The Hall–Kier alpha value is -4.35. The summed E-state index contributed by atoms with van der Waals surface area (Å²) >= 11 is 0. The van der Waals surface area contributed by atoms with E-state index in [9.17, 15) is 36.4 Å². The molecule has 59 heavy (non-hydrogen) atoms. The van der Waals surface area contributed by atoms with Crippen LogP contribution in [0.25, 0.3) is 11.0 Å². The third-order valence-electron chi connectivity index (χ3n) is 12.4. The van der Waals surface area contributed by atoms with Gasteiger partial charge in [0.2, 0.25) is 34.1 Å². The zero-order valence-corrected chi connectivity index (χ0v) is 35.8. The molecule has 7 atom stereocenters. The van der Waals surface area contributed by atoms with Gasteiger partial charge < -0.3 is 29.7 Å². The summed E-state index contributed by atoms with van der Waals surface area (Å²) in [5.41, 5.74) is -1.14. The lowest BCUT2D eigenvalue weighted by atomic mass is 9.98. The van der Waals surface area contributed by atoms with Crippen molar-refractivity contribution in [2.75, 3.05) is 20.2 Å². The number of carbonyl (C=O) groups excluding carboxylic acids is 4. The lowest BCUT2D eigenvalue weighted by Gasteiger charge is -2.28.